The molecule has 0 spiro atoms. The molecule has 0 aliphatic rings. The summed E-state index contributed by atoms with van der Waals surface area (Å²) >= 11 is 1.38. The lowest BCUT2D eigenvalue weighted by Gasteiger charge is -2.04. The van der Waals surface area contributed by atoms with E-state index in [0.717, 1.165) is 5.69 Å². The second-order valence-corrected chi connectivity index (χ2v) is 6.04. The predicted molar refractivity (Wildman–Crippen MR) is 91.7 cm³/mol. The lowest BCUT2D eigenvalue weighted by atomic mass is 10.2. The van der Waals surface area contributed by atoms with Crippen LogP contribution in [0.1, 0.15) is 12.6 Å². The van der Waals surface area contributed by atoms with Gasteiger partial charge in [0.2, 0.25) is 4.96 Å². The van der Waals surface area contributed by atoms with Crippen molar-refractivity contribution in [3.63, 3.8) is 0 Å². The van der Waals surface area contributed by atoms with Crippen molar-refractivity contribution in [1.82, 2.24) is 25.2 Å². The van der Waals surface area contributed by atoms with E-state index in [4.69, 9.17) is 0 Å². The normalized spacial score (nSPS) is 10.8. The monoisotopic (exact) mass is 361 g/mol. The number of benzene rings is 1. The molecule has 130 valence electrons. The molecule has 7 nitrogen and oxygen atoms in total. The highest BCUT2D eigenvalue weighted by Gasteiger charge is 2.15. The van der Waals surface area contributed by atoms with E-state index in [-0.39, 0.29) is 12.4 Å². The Kier molecular flexibility index (Phi) is 5.03. The molecule has 0 atom stereocenters. The lowest BCUT2D eigenvalue weighted by Crippen LogP contribution is -2.40. The fourth-order valence-electron chi connectivity index (χ4n) is 2.28. The van der Waals surface area contributed by atoms with Crippen LogP contribution < -0.4 is 10.6 Å². The molecule has 2 aromatic heterocycles. The molecule has 1 aromatic carbocycles. The molecule has 3 rings (SSSR count). The molecule has 0 unspecified atom stereocenters. The average Bonchev–Trinajstić information content (AvgIpc) is 3.17. The SMILES string of the molecule is CCNC(=O)C(=O)NCCc1csc2nc(-c3ccccc3F)nn12. The number of hydrogen-bond donors (Lipinski definition) is 2. The zero-order valence-electron chi connectivity index (χ0n) is 13.5. The highest BCUT2D eigenvalue weighted by Crippen LogP contribution is 2.23. The van der Waals surface area contributed by atoms with Gasteiger partial charge in [-0.25, -0.2) is 8.91 Å². The van der Waals surface area contributed by atoms with Gasteiger partial charge >= 0.3 is 11.8 Å². The van der Waals surface area contributed by atoms with Crippen molar-refractivity contribution in [1.29, 1.82) is 0 Å². The first kappa shape index (κ1) is 17.0. The number of amides is 2. The molecule has 0 bridgehead atoms. The number of fused-ring (bicyclic) bond motifs is 1. The first-order valence-corrected chi connectivity index (χ1v) is 8.62. The Bertz CT molecular complexity index is 920. The first-order chi connectivity index (χ1) is 12.1. The number of carbonyl (C=O) groups is 2. The Morgan fingerprint density at radius 1 is 1.24 bits per heavy atom. The van der Waals surface area contributed by atoms with Gasteiger partial charge in [0.05, 0.1) is 11.3 Å². The topological polar surface area (TPSA) is 88.4 Å². The summed E-state index contributed by atoms with van der Waals surface area (Å²) in [5.41, 5.74) is 1.17. The van der Waals surface area contributed by atoms with E-state index in [2.05, 4.69) is 20.7 Å². The van der Waals surface area contributed by atoms with E-state index >= 15 is 0 Å². The second-order valence-electron chi connectivity index (χ2n) is 5.20. The molecule has 0 radical (unpaired) electrons. The number of rotatable bonds is 5. The molecule has 0 aliphatic heterocycles. The third-order valence-corrected chi connectivity index (χ3v) is 4.34. The lowest BCUT2D eigenvalue weighted by molar-refractivity contribution is -0.139. The van der Waals surface area contributed by atoms with Crippen molar-refractivity contribution in [3.05, 3.63) is 41.2 Å². The molecule has 0 fully saturated rings. The minimum atomic E-state index is -0.668. The standard InChI is InChI=1S/C16H16FN5O2S/c1-2-18-14(23)15(24)19-8-7-10-9-25-16-20-13(21-22(10)16)11-5-3-4-6-12(11)17/h3-6,9H,2,7-8H2,1H3,(H,18,23)(H,19,24). The molecule has 0 saturated heterocycles. The molecular weight excluding hydrogens is 345 g/mol. The van der Waals surface area contributed by atoms with Crippen LogP contribution >= 0.6 is 11.3 Å². The first-order valence-electron chi connectivity index (χ1n) is 7.74. The molecule has 9 heteroatoms. The van der Waals surface area contributed by atoms with E-state index in [0.29, 0.717) is 29.3 Å². The Morgan fingerprint density at radius 2 is 2.00 bits per heavy atom. The van der Waals surface area contributed by atoms with Gasteiger partial charge in [0.25, 0.3) is 0 Å². The number of nitrogens with zero attached hydrogens (tertiary/aromatic N) is 3. The van der Waals surface area contributed by atoms with Gasteiger partial charge in [0, 0.05) is 24.9 Å². The maximum absolute atomic E-state index is 13.9. The molecule has 0 saturated carbocycles. The van der Waals surface area contributed by atoms with Crippen molar-refractivity contribution in [2.45, 2.75) is 13.3 Å². The van der Waals surface area contributed by atoms with Crippen LogP contribution in [0.2, 0.25) is 0 Å². The maximum Gasteiger partial charge on any atom is 0.309 e. The largest absolute Gasteiger partial charge is 0.348 e. The smallest absolute Gasteiger partial charge is 0.309 e. The van der Waals surface area contributed by atoms with Crippen LogP contribution in [0.3, 0.4) is 0 Å². The Balaban J connectivity index is 1.70. The van der Waals surface area contributed by atoms with Gasteiger partial charge in [-0.2, -0.15) is 4.98 Å². The average molecular weight is 361 g/mol. The molecule has 25 heavy (non-hydrogen) atoms. The number of aromatic nitrogens is 3. The molecule has 2 N–H and O–H groups in total. The summed E-state index contributed by atoms with van der Waals surface area (Å²) in [5, 5.41) is 11.2. The summed E-state index contributed by atoms with van der Waals surface area (Å²) in [4.78, 5) is 27.9. The molecular formula is C16H16FN5O2S. The predicted octanol–water partition coefficient (Wildman–Crippen LogP) is 1.39. The zero-order valence-corrected chi connectivity index (χ0v) is 14.3. The third-order valence-electron chi connectivity index (χ3n) is 3.47. The van der Waals surface area contributed by atoms with E-state index in [1.54, 1.807) is 29.6 Å². The van der Waals surface area contributed by atoms with Gasteiger partial charge in [0.1, 0.15) is 5.82 Å². The summed E-state index contributed by atoms with van der Waals surface area (Å²) in [6, 6.07) is 6.33. The van der Waals surface area contributed by atoms with E-state index in [1.807, 2.05) is 5.38 Å². The Morgan fingerprint density at radius 3 is 2.76 bits per heavy atom. The zero-order chi connectivity index (χ0) is 17.8. The number of carbonyl (C=O) groups excluding carboxylic acids is 2. The van der Waals surface area contributed by atoms with Crippen molar-refractivity contribution in [3.8, 4) is 11.4 Å². The van der Waals surface area contributed by atoms with Gasteiger partial charge in [-0.3, -0.25) is 9.59 Å². The fraction of sp³-hybridized carbons (Fsp3) is 0.250. The summed E-state index contributed by atoms with van der Waals surface area (Å²) in [6.45, 7) is 2.43. The number of thiazole rings is 1. The van der Waals surface area contributed by atoms with Crippen molar-refractivity contribution in [2.24, 2.45) is 0 Å². The van der Waals surface area contributed by atoms with Crippen LogP contribution in [0, 0.1) is 5.82 Å². The van der Waals surface area contributed by atoms with E-state index < -0.39 is 11.8 Å². The van der Waals surface area contributed by atoms with Gasteiger partial charge in [-0.15, -0.1) is 16.4 Å². The van der Waals surface area contributed by atoms with Crippen molar-refractivity contribution < 1.29 is 14.0 Å². The number of nitrogens with one attached hydrogen (secondary N) is 2. The maximum atomic E-state index is 13.9. The number of hydrogen-bond acceptors (Lipinski definition) is 5. The highest BCUT2D eigenvalue weighted by molar-refractivity contribution is 7.15. The minimum Gasteiger partial charge on any atom is -0.348 e. The van der Waals surface area contributed by atoms with Crippen molar-refractivity contribution >= 4 is 28.1 Å². The van der Waals surface area contributed by atoms with Crippen LogP contribution in [0.5, 0.6) is 0 Å². The molecule has 2 heterocycles. The van der Waals surface area contributed by atoms with Crippen LogP contribution in [0.4, 0.5) is 4.39 Å². The molecule has 0 aliphatic carbocycles. The van der Waals surface area contributed by atoms with E-state index in [9.17, 15) is 14.0 Å². The quantitative estimate of drug-likeness (QED) is 0.672. The summed E-state index contributed by atoms with van der Waals surface area (Å²) < 4.78 is 15.5. The van der Waals surface area contributed by atoms with Crippen LogP contribution in [-0.4, -0.2) is 39.5 Å². The Labute approximate surface area is 146 Å². The Hall–Kier alpha value is -2.81. The van der Waals surface area contributed by atoms with Crippen LogP contribution in [0.25, 0.3) is 16.3 Å². The highest BCUT2D eigenvalue weighted by atomic mass is 32.1. The summed E-state index contributed by atoms with van der Waals surface area (Å²) in [7, 11) is 0. The third kappa shape index (κ3) is 3.66. The minimum absolute atomic E-state index is 0.288. The fourth-order valence-corrected chi connectivity index (χ4v) is 3.13. The second kappa shape index (κ2) is 7.39. The summed E-state index contributed by atoms with van der Waals surface area (Å²) in [5.74, 6) is -1.38. The number of halogens is 1. The van der Waals surface area contributed by atoms with E-state index in [1.165, 1.54) is 17.4 Å². The van der Waals surface area contributed by atoms with Gasteiger partial charge in [0.15, 0.2) is 5.82 Å². The molecule has 2 amide bonds. The molecule has 3 aromatic rings. The number of likely N-dealkylation sites (N-methyl/N-ethyl adjacent to an activating group) is 1. The van der Waals surface area contributed by atoms with Gasteiger partial charge in [-0.05, 0) is 19.1 Å². The van der Waals surface area contributed by atoms with Gasteiger partial charge < -0.3 is 10.6 Å². The summed E-state index contributed by atoms with van der Waals surface area (Å²) in [6.07, 6.45) is 0.477. The van der Waals surface area contributed by atoms with Crippen LogP contribution in [-0.2, 0) is 16.0 Å². The van der Waals surface area contributed by atoms with Crippen molar-refractivity contribution in [2.75, 3.05) is 13.1 Å². The van der Waals surface area contributed by atoms with Gasteiger partial charge in [-0.1, -0.05) is 12.1 Å². The van der Waals surface area contributed by atoms with Crippen LogP contribution in [0.15, 0.2) is 29.6 Å².